The van der Waals surface area contributed by atoms with Gasteiger partial charge < -0.3 is 0 Å². The van der Waals surface area contributed by atoms with Crippen LogP contribution < -0.4 is 0 Å². The number of hydrogen-bond acceptors (Lipinski definition) is 3. The Morgan fingerprint density at radius 3 is 2.90 bits per heavy atom. The van der Waals surface area contributed by atoms with E-state index >= 15 is 0 Å². The third kappa shape index (κ3) is 1.15. The monoisotopic (exact) mass is 138 g/mol. The fourth-order valence-corrected chi connectivity index (χ4v) is 0.932. The Labute approximate surface area is 59.2 Å². The summed E-state index contributed by atoms with van der Waals surface area (Å²) < 4.78 is 0. The molecule has 1 aromatic heterocycles. The summed E-state index contributed by atoms with van der Waals surface area (Å²) in [6, 6.07) is 0. The number of nitrogens with zero attached hydrogens (tertiary/aromatic N) is 4. The van der Waals surface area contributed by atoms with Crippen molar-refractivity contribution in [3.63, 3.8) is 0 Å². The Morgan fingerprint density at radius 1 is 1.60 bits per heavy atom. The SMILES string of the molecule is Cc1nnn(CC2CC2)n1. The van der Waals surface area contributed by atoms with E-state index in [1.807, 2.05) is 6.92 Å². The van der Waals surface area contributed by atoms with Crippen molar-refractivity contribution in [3.05, 3.63) is 5.82 Å². The molecule has 1 heterocycles. The summed E-state index contributed by atoms with van der Waals surface area (Å²) in [6.07, 6.45) is 2.67. The van der Waals surface area contributed by atoms with Gasteiger partial charge in [0.05, 0.1) is 6.54 Å². The summed E-state index contributed by atoms with van der Waals surface area (Å²) in [5.41, 5.74) is 0. The maximum absolute atomic E-state index is 4.09. The first-order chi connectivity index (χ1) is 4.84. The fraction of sp³-hybridized carbons (Fsp3) is 0.833. The number of aryl methyl sites for hydroxylation is 1. The van der Waals surface area contributed by atoms with E-state index in [0.717, 1.165) is 18.3 Å². The van der Waals surface area contributed by atoms with Gasteiger partial charge in [0, 0.05) is 0 Å². The highest BCUT2D eigenvalue weighted by molar-refractivity contribution is 4.73. The predicted octanol–water partition coefficient (Wildman–Crippen LogP) is 0.392. The lowest BCUT2D eigenvalue weighted by atomic mass is 10.4. The van der Waals surface area contributed by atoms with E-state index in [4.69, 9.17) is 0 Å². The second-order valence-corrected chi connectivity index (χ2v) is 2.83. The molecule has 0 spiro atoms. The first-order valence-corrected chi connectivity index (χ1v) is 3.59. The number of rotatable bonds is 2. The minimum atomic E-state index is 0.764. The third-order valence-electron chi connectivity index (χ3n) is 1.67. The maximum atomic E-state index is 4.09. The average Bonchev–Trinajstić information content (AvgIpc) is 2.59. The van der Waals surface area contributed by atoms with E-state index in [-0.39, 0.29) is 0 Å². The maximum Gasteiger partial charge on any atom is 0.171 e. The smallest absolute Gasteiger partial charge is 0.164 e. The zero-order valence-corrected chi connectivity index (χ0v) is 5.99. The Kier molecular flexibility index (Phi) is 1.19. The lowest BCUT2D eigenvalue weighted by Crippen LogP contribution is -2.03. The third-order valence-corrected chi connectivity index (χ3v) is 1.67. The summed E-state index contributed by atoms with van der Waals surface area (Å²) in [5, 5.41) is 11.7. The van der Waals surface area contributed by atoms with E-state index in [1.54, 1.807) is 4.80 Å². The minimum Gasteiger partial charge on any atom is -0.164 e. The van der Waals surface area contributed by atoms with Gasteiger partial charge in [0.2, 0.25) is 0 Å². The molecule has 0 N–H and O–H groups in total. The Bertz CT molecular complexity index is 225. The largest absolute Gasteiger partial charge is 0.171 e. The van der Waals surface area contributed by atoms with Crippen LogP contribution in [0.15, 0.2) is 0 Å². The van der Waals surface area contributed by atoms with Crippen molar-refractivity contribution in [2.75, 3.05) is 0 Å². The molecule has 4 heteroatoms. The van der Waals surface area contributed by atoms with Crippen molar-refractivity contribution in [3.8, 4) is 0 Å². The van der Waals surface area contributed by atoms with Crippen molar-refractivity contribution in [2.24, 2.45) is 5.92 Å². The average molecular weight is 138 g/mol. The fourth-order valence-electron chi connectivity index (χ4n) is 0.932. The van der Waals surface area contributed by atoms with Gasteiger partial charge >= 0.3 is 0 Å². The van der Waals surface area contributed by atoms with Crippen LogP contribution in [0.3, 0.4) is 0 Å². The van der Waals surface area contributed by atoms with Crippen molar-refractivity contribution < 1.29 is 0 Å². The molecule has 1 aromatic rings. The second-order valence-electron chi connectivity index (χ2n) is 2.83. The van der Waals surface area contributed by atoms with Crippen molar-refractivity contribution >= 4 is 0 Å². The van der Waals surface area contributed by atoms with Gasteiger partial charge in [-0.25, -0.2) is 0 Å². The van der Waals surface area contributed by atoms with Gasteiger partial charge in [0.25, 0.3) is 0 Å². The highest BCUT2D eigenvalue weighted by Gasteiger charge is 2.22. The van der Waals surface area contributed by atoms with E-state index in [2.05, 4.69) is 15.4 Å². The van der Waals surface area contributed by atoms with E-state index < -0.39 is 0 Å². The van der Waals surface area contributed by atoms with Crippen LogP contribution in [-0.2, 0) is 6.54 Å². The molecule has 0 aromatic carbocycles. The van der Waals surface area contributed by atoms with Gasteiger partial charge in [-0.3, -0.25) is 0 Å². The zero-order valence-electron chi connectivity index (χ0n) is 5.99. The Morgan fingerprint density at radius 2 is 2.40 bits per heavy atom. The van der Waals surface area contributed by atoms with Gasteiger partial charge in [0.15, 0.2) is 5.82 Å². The van der Waals surface area contributed by atoms with Crippen LogP contribution in [0.1, 0.15) is 18.7 Å². The van der Waals surface area contributed by atoms with Crippen LogP contribution in [0.4, 0.5) is 0 Å². The molecule has 1 saturated carbocycles. The van der Waals surface area contributed by atoms with Crippen LogP contribution >= 0.6 is 0 Å². The molecule has 10 heavy (non-hydrogen) atoms. The normalized spacial score (nSPS) is 17.7. The first kappa shape index (κ1) is 5.82. The molecular formula is C6H10N4. The summed E-state index contributed by atoms with van der Waals surface area (Å²) >= 11 is 0. The first-order valence-electron chi connectivity index (χ1n) is 3.59. The summed E-state index contributed by atoms with van der Waals surface area (Å²) in [4.78, 5) is 1.69. The van der Waals surface area contributed by atoms with Crippen LogP contribution in [-0.4, -0.2) is 20.2 Å². The van der Waals surface area contributed by atoms with Crippen molar-refractivity contribution in [1.29, 1.82) is 0 Å². The molecule has 0 atom stereocenters. The quantitative estimate of drug-likeness (QED) is 0.593. The second kappa shape index (κ2) is 2.04. The molecule has 0 radical (unpaired) electrons. The van der Waals surface area contributed by atoms with Crippen molar-refractivity contribution in [1.82, 2.24) is 20.2 Å². The highest BCUT2D eigenvalue weighted by Crippen LogP contribution is 2.29. The number of aromatic nitrogens is 4. The van der Waals surface area contributed by atoms with Crippen molar-refractivity contribution in [2.45, 2.75) is 26.3 Å². The zero-order chi connectivity index (χ0) is 6.97. The topological polar surface area (TPSA) is 43.6 Å². The van der Waals surface area contributed by atoms with E-state index in [9.17, 15) is 0 Å². The molecule has 1 aliphatic carbocycles. The summed E-state index contributed by atoms with van der Waals surface area (Å²) in [5.74, 6) is 1.59. The Hall–Kier alpha value is -0.930. The lowest BCUT2D eigenvalue weighted by molar-refractivity contribution is 0.485. The molecule has 54 valence electrons. The van der Waals surface area contributed by atoms with E-state index in [0.29, 0.717) is 0 Å². The van der Waals surface area contributed by atoms with Gasteiger partial charge in [-0.1, -0.05) is 0 Å². The summed E-state index contributed by atoms with van der Waals surface area (Å²) in [6.45, 7) is 2.82. The molecule has 4 nitrogen and oxygen atoms in total. The van der Waals surface area contributed by atoms with Gasteiger partial charge in [0.1, 0.15) is 0 Å². The predicted molar refractivity (Wildman–Crippen MR) is 35.3 cm³/mol. The molecule has 0 aliphatic heterocycles. The standard InChI is InChI=1S/C6H10N4/c1-5-7-9-10(8-5)4-6-2-3-6/h6H,2-4H2,1H3. The van der Waals surface area contributed by atoms with Crippen LogP contribution in [0.5, 0.6) is 0 Å². The van der Waals surface area contributed by atoms with Crippen LogP contribution in [0.2, 0.25) is 0 Å². The number of hydrogen-bond donors (Lipinski definition) is 0. The summed E-state index contributed by atoms with van der Waals surface area (Å²) in [7, 11) is 0. The van der Waals surface area contributed by atoms with Gasteiger partial charge in [-0.2, -0.15) is 4.80 Å². The highest BCUT2D eigenvalue weighted by atomic mass is 15.6. The van der Waals surface area contributed by atoms with Crippen LogP contribution in [0.25, 0.3) is 0 Å². The van der Waals surface area contributed by atoms with E-state index in [1.165, 1.54) is 12.8 Å². The van der Waals surface area contributed by atoms with Gasteiger partial charge in [-0.05, 0) is 30.9 Å². The molecule has 0 unspecified atom stereocenters. The molecule has 0 amide bonds. The molecule has 2 rings (SSSR count). The Balaban J connectivity index is 2.03. The van der Waals surface area contributed by atoms with Gasteiger partial charge in [-0.15, -0.1) is 10.2 Å². The minimum absolute atomic E-state index is 0.764. The van der Waals surface area contributed by atoms with Crippen LogP contribution in [0, 0.1) is 12.8 Å². The molecular weight excluding hydrogens is 128 g/mol. The molecule has 0 bridgehead atoms. The molecule has 1 fully saturated rings. The molecule has 0 saturated heterocycles. The lowest BCUT2D eigenvalue weighted by Gasteiger charge is -1.91. The molecule has 1 aliphatic rings. The number of tetrazole rings is 1.